The van der Waals surface area contributed by atoms with Crippen molar-refractivity contribution in [3.8, 4) is 0 Å². The Morgan fingerprint density at radius 2 is 1.90 bits per heavy atom. The largest absolute Gasteiger partial charge is 0.368 e. The molecule has 1 aromatic heterocycles. The number of likely N-dealkylation sites (N-methyl/N-ethyl adjacent to an activating group) is 1. The molecule has 7 heteroatoms. The molecule has 0 saturated carbocycles. The van der Waals surface area contributed by atoms with Gasteiger partial charge in [0.25, 0.3) is 0 Å². The second-order valence-electron chi connectivity index (χ2n) is 5.29. The van der Waals surface area contributed by atoms with E-state index in [1.807, 2.05) is 6.07 Å². The molecule has 7 nitrogen and oxygen atoms in total. The number of nitrogen functional groups attached to an aromatic ring is 1. The van der Waals surface area contributed by atoms with Crippen LogP contribution in [0.3, 0.4) is 0 Å². The molecule has 1 amide bonds. The summed E-state index contributed by atoms with van der Waals surface area (Å²) < 4.78 is 0. The summed E-state index contributed by atoms with van der Waals surface area (Å²) in [6, 6.07) is 5.20. The van der Waals surface area contributed by atoms with Gasteiger partial charge in [0.05, 0.1) is 5.52 Å². The zero-order valence-corrected chi connectivity index (χ0v) is 11.9. The number of nitrogens with zero attached hydrogens (tertiary/aromatic N) is 4. The third kappa shape index (κ3) is 2.59. The van der Waals surface area contributed by atoms with E-state index in [1.165, 1.54) is 0 Å². The normalized spacial score (nSPS) is 16.3. The fourth-order valence-electron chi connectivity index (χ4n) is 2.54. The van der Waals surface area contributed by atoms with E-state index in [9.17, 15) is 4.79 Å². The molecule has 0 aliphatic carbocycles. The summed E-state index contributed by atoms with van der Waals surface area (Å²) in [6.07, 6.45) is 0. The Kier molecular flexibility index (Phi) is 3.34. The van der Waals surface area contributed by atoms with Crippen LogP contribution in [-0.4, -0.2) is 54.0 Å². The van der Waals surface area contributed by atoms with Crippen LogP contribution in [-0.2, 0) is 0 Å². The molecule has 2 aromatic rings. The van der Waals surface area contributed by atoms with Crippen molar-refractivity contribution in [3.63, 3.8) is 0 Å². The summed E-state index contributed by atoms with van der Waals surface area (Å²) in [5.74, 6) is 0.551. The van der Waals surface area contributed by atoms with E-state index >= 15 is 0 Å². The highest BCUT2D eigenvalue weighted by molar-refractivity contribution is 5.99. The smallest absolute Gasteiger partial charge is 0.248 e. The average molecular weight is 286 g/mol. The van der Waals surface area contributed by atoms with Gasteiger partial charge in [-0.1, -0.05) is 0 Å². The number of nitrogens with two attached hydrogens (primary N) is 2. The summed E-state index contributed by atoms with van der Waals surface area (Å²) >= 11 is 0. The van der Waals surface area contributed by atoms with Gasteiger partial charge in [0.15, 0.2) is 0 Å². The first-order valence-corrected chi connectivity index (χ1v) is 6.85. The Balaban J connectivity index is 2.07. The SMILES string of the molecule is CN1CCN(c2nc(N)nc3cc(C(N)=O)ccc23)CC1. The van der Waals surface area contributed by atoms with Crippen molar-refractivity contribution in [1.29, 1.82) is 0 Å². The Morgan fingerprint density at radius 3 is 2.57 bits per heavy atom. The van der Waals surface area contributed by atoms with Gasteiger partial charge in [-0.25, -0.2) is 4.98 Å². The van der Waals surface area contributed by atoms with Crippen LogP contribution in [0, 0.1) is 0 Å². The molecule has 4 N–H and O–H groups in total. The molecular formula is C14H18N6O. The number of hydrogen-bond acceptors (Lipinski definition) is 6. The third-order valence-electron chi connectivity index (χ3n) is 3.78. The van der Waals surface area contributed by atoms with Crippen LogP contribution in [0.2, 0.25) is 0 Å². The van der Waals surface area contributed by atoms with Crippen LogP contribution in [0.5, 0.6) is 0 Å². The molecule has 0 atom stereocenters. The fourth-order valence-corrected chi connectivity index (χ4v) is 2.54. The van der Waals surface area contributed by atoms with E-state index in [-0.39, 0.29) is 5.95 Å². The van der Waals surface area contributed by atoms with Gasteiger partial charge in [-0.3, -0.25) is 4.79 Å². The van der Waals surface area contributed by atoms with Gasteiger partial charge in [0.2, 0.25) is 11.9 Å². The number of amides is 1. The Labute approximate surface area is 122 Å². The number of anilines is 2. The summed E-state index contributed by atoms with van der Waals surface area (Å²) in [5.41, 5.74) is 12.2. The lowest BCUT2D eigenvalue weighted by atomic mass is 10.1. The van der Waals surface area contributed by atoms with Crippen LogP contribution < -0.4 is 16.4 Å². The topological polar surface area (TPSA) is 101 Å². The van der Waals surface area contributed by atoms with Gasteiger partial charge in [0, 0.05) is 37.1 Å². The predicted octanol–water partition coefficient (Wildman–Crippen LogP) is 0.0627. The fraction of sp³-hybridized carbons (Fsp3) is 0.357. The zero-order chi connectivity index (χ0) is 15.0. The monoisotopic (exact) mass is 286 g/mol. The van der Waals surface area contributed by atoms with E-state index < -0.39 is 5.91 Å². The maximum Gasteiger partial charge on any atom is 0.248 e. The van der Waals surface area contributed by atoms with Crippen molar-refractivity contribution in [3.05, 3.63) is 23.8 Å². The highest BCUT2D eigenvalue weighted by Crippen LogP contribution is 2.26. The molecule has 110 valence electrons. The molecule has 0 radical (unpaired) electrons. The van der Waals surface area contributed by atoms with Gasteiger partial charge < -0.3 is 21.3 Å². The second-order valence-corrected chi connectivity index (χ2v) is 5.29. The van der Waals surface area contributed by atoms with E-state index in [1.54, 1.807) is 12.1 Å². The standard InChI is InChI=1S/C14H18N6O/c1-19-4-6-20(7-5-19)13-10-3-2-9(12(15)21)8-11(10)17-14(16)18-13/h2-3,8H,4-7H2,1H3,(H2,15,21)(H2,16,17,18). The number of carbonyl (C=O) groups is 1. The van der Waals surface area contributed by atoms with Crippen LogP contribution in [0.25, 0.3) is 10.9 Å². The van der Waals surface area contributed by atoms with Gasteiger partial charge in [-0.2, -0.15) is 4.98 Å². The molecule has 0 bridgehead atoms. The van der Waals surface area contributed by atoms with Gasteiger partial charge in [0.1, 0.15) is 5.82 Å². The molecule has 1 aromatic carbocycles. The molecule has 21 heavy (non-hydrogen) atoms. The molecule has 0 spiro atoms. The molecule has 1 saturated heterocycles. The summed E-state index contributed by atoms with van der Waals surface area (Å²) in [6.45, 7) is 3.73. The Morgan fingerprint density at radius 1 is 1.19 bits per heavy atom. The van der Waals surface area contributed by atoms with Crippen molar-refractivity contribution in [1.82, 2.24) is 14.9 Å². The quantitative estimate of drug-likeness (QED) is 0.809. The minimum Gasteiger partial charge on any atom is -0.368 e. The van der Waals surface area contributed by atoms with Crippen molar-refractivity contribution in [2.75, 3.05) is 43.9 Å². The minimum absolute atomic E-state index is 0.207. The maximum absolute atomic E-state index is 11.3. The van der Waals surface area contributed by atoms with Crippen LogP contribution >= 0.6 is 0 Å². The van der Waals surface area contributed by atoms with Gasteiger partial charge in [-0.05, 0) is 25.2 Å². The van der Waals surface area contributed by atoms with Gasteiger partial charge >= 0.3 is 0 Å². The number of rotatable bonds is 2. The summed E-state index contributed by atoms with van der Waals surface area (Å²) in [5, 5.41) is 0.888. The maximum atomic E-state index is 11.3. The number of carbonyl (C=O) groups excluding carboxylic acids is 1. The van der Waals surface area contributed by atoms with E-state index in [2.05, 4.69) is 26.8 Å². The van der Waals surface area contributed by atoms with E-state index in [0.29, 0.717) is 11.1 Å². The number of primary amides is 1. The predicted molar refractivity (Wildman–Crippen MR) is 82.2 cm³/mol. The first-order chi connectivity index (χ1) is 10.0. The van der Waals surface area contributed by atoms with Crippen molar-refractivity contribution in [2.24, 2.45) is 5.73 Å². The average Bonchev–Trinajstić information content (AvgIpc) is 2.46. The highest BCUT2D eigenvalue weighted by atomic mass is 16.1. The van der Waals surface area contributed by atoms with Crippen LogP contribution in [0.4, 0.5) is 11.8 Å². The molecule has 3 rings (SSSR count). The van der Waals surface area contributed by atoms with E-state index in [4.69, 9.17) is 11.5 Å². The summed E-state index contributed by atoms with van der Waals surface area (Å²) in [4.78, 5) is 24.3. The number of hydrogen-bond donors (Lipinski definition) is 2. The van der Waals surface area contributed by atoms with Crippen molar-refractivity contribution >= 4 is 28.6 Å². The number of aromatic nitrogens is 2. The number of fused-ring (bicyclic) bond motifs is 1. The summed E-state index contributed by atoms with van der Waals surface area (Å²) in [7, 11) is 2.10. The Bertz CT molecular complexity index is 693. The first-order valence-electron chi connectivity index (χ1n) is 6.85. The lowest BCUT2D eigenvalue weighted by Gasteiger charge is -2.33. The Hall–Kier alpha value is -2.41. The van der Waals surface area contributed by atoms with Crippen LogP contribution in [0.15, 0.2) is 18.2 Å². The third-order valence-corrected chi connectivity index (χ3v) is 3.78. The minimum atomic E-state index is -0.477. The molecule has 2 heterocycles. The van der Waals surface area contributed by atoms with Crippen LogP contribution in [0.1, 0.15) is 10.4 Å². The second kappa shape index (κ2) is 5.17. The molecule has 0 unspecified atom stereocenters. The molecule has 1 aliphatic heterocycles. The molecule has 1 fully saturated rings. The zero-order valence-electron chi connectivity index (χ0n) is 11.9. The first kappa shape index (κ1) is 13.6. The van der Waals surface area contributed by atoms with Crippen molar-refractivity contribution in [2.45, 2.75) is 0 Å². The number of benzene rings is 1. The van der Waals surface area contributed by atoms with Gasteiger partial charge in [-0.15, -0.1) is 0 Å². The van der Waals surface area contributed by atoms with E-state index in [0.717, 1.165) is 37.4 Å². The van der Waals surface area contributed by atoms with Crippen molar-refractivity contribution < 1.29 is 4.79 Å². The number of piperazine rings is 1. The lowest BCUT2D eigenvalue weighted by molar-refractivity contribution is 0.100. The molecule has 1 aliphatic rings. The highest BCUT2D eigenvalue weighted by Gasteiger charge is 2.19. The lowest BCUT2D eigenvalue weighted by Crippen LogP contribution is -2.45. The molecular weight excluding hydrogens is 268 g/mol.